The molecule has 0 unspecified atom stereocenters. The third-order valence-corrected chi connectivity index (χ3v) is 9.74. The van der Waals surface area contributed by atoms with Crippen LogP contribution in [0.15, 0.2) is 91.0 Å². The summed E-state index contributed by atoms with van der Waals surface area (Å²) in [5.41, 5.74) is 5.37. The molecule has 0 atom stereocenters. The molecule has 4 heteroatoms. The maximum absolute atomic E-state index is 7.21. The molecule has 0 aliphatic carbocycles. The van der Waals surface area contributed by atoms with Crippen molar-refractivity contribution in [3.63, 3.8) is 0 Å². The predicted octanol–water partition coefficient (Wildman–Crippen LogP) is 9.56. The van der Waals surface area contributed by atoms with Crippen LogP contribution in [0.3, 0.4) is 0 Å². The molecule has 39 heavy (non-hydrogen) atoms. The van der Waals surface area contributed by atoms with Crippen LogP contribution in [0.1, 0.15) is 69.4 Å². The van der Waals surface area contributed by atoms with E-state index < -0.39 is 7.94 Å². The topological polar surface area (TPSA) is 27.7 Å². The van der Waals surface area contributed by atoms with Crippen LogP contribution in [0.4, 0.5) is 0 Å². The monoisotopic (exact) mass is 542 g/mol. The molecule has 206 valence electrons. The van der Waals surface area contributed by atoms with E-state index in [4.69, 9.17) is 13.6 Å². The predicted molar refractivity (Wildman–Crippen MR) is 167 cm³/mol. The van der Waals surface area contributed by atoms with Crippen molar-refractivity contribution in [2.24, 2.45) is 0 Å². The zero-order chi connectivity index (χ0) is 28.4. The Balaban J connectivity index is 2.00. The van der Waals surface area contributed by atoms with Crippen LogP contribution in [0, 0.1) is 20.8 Å². The van der Waals surface area contributed by atoms with E-state index in [1.54, 1.807) is 0 Å². The fraction of sp³-hybridized carbons (Fsp3) is 0.314. The Labute approximate surface area is 235 Å². The Kier molecular flexibility index (Phi) is 8.14. The van der Waals surface area contributed by atoms with Gasteiger partial charge < -0.3 is 0 Å². The maximum atomic E-state index is 7.21. The van der Waals surface area contributed by atoms with Gasteiger partial charge in [-0.3, -0.25) is 0 Å². The molecular formula is C35H43O3P. The molecule has 4 aromatic rings. The summed E-state index contributed by atoms with van der Waals surface area (Å²) in [5, 5.41) is 0.941. The van der Waals surface area contributed by atoms with Crippen LogP contribution >= 0.6 is 7.94 Å². The zero-order valence-corrected chi connectivity index (χ0v) is 25.9. The van der Waals surface area contributed by atoms with E-state index in [1.807, 2.05) is 48.5 Å². The number of rotatable bonds is 7. The summed E-state index contributed by atoms with van der Waals surface area (Å²) in [4.78, 5) is 0. The van der Waals surface area contributed by atoms with Gasteiger partial charge in [-0.1, -0.05) is 0 Å². The second kappa shape index (κ2) is 11.1. The van der Waals surface area contributed by atoms with Gasteiger partial charge in [0.1, 0.15) is 0 Å². The Bertz CT molecular complexity index is 1400. The van der Waals surface area contributed by atoms with Crippen molar-refractivity contribution in [1.82, 2.24) is 0 Å². The fourth-order valence-electron chi connectivity index (χ4n) is 4.59. The first-order valence-electron chi connectivity index (χ1n) is 13.7. The van der Waals surface area contributed by atoms with Crippen molar-refractivity contribution in [1.29, 1.82) is 0 Å². The Morgan fingerprint density at radius 1 is 0.487 bits per heavy atom. The standard InChI is InChI=1S/C35H43O3P/c1-25-16-10-13-19-30(25)36-39(33-21-15-12-18-27(33)3,37-31-20-14-11-17-26(31)2)38-32-23-22-28(34(4,5)6)24-29(32)35(7,8)9/h10-24,39H,1-9H3. The van der Waals surface area contributed by atoms with Crippen molar-refractivity contribution >= 4 is 13.2 Å². The van der Waals surface area contributed by atoms with E-state index in [0.717, 1.165) is 44.8 Å². The van der Waals surface area contributed by atoms with Gasteiger partial charge in [-0.2, -0.15) is 0 Å². The zero-order valence-electron chi connectivity index (χ0n) is 24.9. The van der Waals surface area contributed by atoms with Gasteiger partial charge in [-0.25, -0.2) is 0 Å². The summed E-state index contributed by atoms with van der Waals surface area (Å²) < 4.78 is 21.3. The second-order valence-corrected chi connectivity index (χ2v) is 14.7. The molecule has 0 N–H and O–H groups in total. The van der Waals surface area contributed by atoms with Crippen LogP contribution in [-0.4, -0.2) is 0 Å². The van der Waals surface area contributed by atoms with E-state index in [-0.39, 0.29) is 10.8 Å². The summed E-state index contributed by atoms with van der Waals surface area (Å²) >= 11 is 0. The molecule has 4 rings (SSSR count). The summed E-state index contributed by atoms with van der Waals surface area (Å²) in [6.07, 6.45) is 0. The first-order chi connectivity index (χ1) is 18.3. The SMILES string of the molecule is Cc1ccccc1O[PH](Oc1ccccc1C)(Oc1ccc(C(C)(C)C)cc1C(C)(C)C)c1ccccc1C. The molecule has 0 amide bonds. The van der Waals surface area contributed by atoms with Crippen molar-refractivity contribution in [2.45, 2.75) is 73.1 Å². The summed E-state index contributed by atoms with van der Waals surface area (Å²) in [6.45, 7) is 19.6. The quantitative estimate of drug-likeness (QED) is 0.218. The molecule has 0 spiro atoms. The molecule has 0 aliphatic heterocycles. The van der Waals surface area contributed by atoms with Gasteiger partial charge in [0.15, 0.2) is 0 Å². The number of hydrogen-bond donors (Lipinski definition) is 0. The third kappa shape index (κ3) is 6.48. The number of para-hydroxylation sites is 2. The van der Waals surface area contributed by atoms with Crippen LogP contribution in [-0.2, 0) is 10.8 Å². The van der Waals surface area contributed by atoms with Gasteiger partial charge in [-0.15, -0.1) is 0 Å². The van der Waals surface area contributed by atoms with Crippen LogP contribution < -0.4 is 18.9 Å². The first-order valence-corrected chi connectivity index (χ1v) is 15.4. The Hall–Kier alpha value is -3.29. The van der Waals surface area contributed by atoms with E-state index in [9.17, 15) is 0 Å². The average molecular weight is 543 g/mol. The van der Waals surface area contributed by atoms with Crippen LogP contribution in [0.5, 0.6) is 17.2 Å². The van der Waals surface area contributed by atoms with Gasteiger partial charge in [0, 0.05) is 0 Å². The van der Waals surface area contributed by atoms with E-state index in [0.29, 0.717) is 0 Å². The fourth-order valence-corrected chi connectivity index (χ4v) is 7.42. The molecule has 0 saturated heterocycles. The Morgan fingerprint density at radius 3 is 1.41 bits per heavy atom. The van der Waals surface area contributed by atoms with Crippen LogP contribution in [0.2, 0.25) is 0 Å². The minimum absolute atomic E-state index is 0.0123. The molecule has 0 radical (unpaired) electrons. The van der Waals surface area contributed by atoms with E-state index in [1.165, 1.54) is 5.56 Å². The molecule has 3 nitrogen and oxygen atoms in total. The minimum atomic E-state index is -3.67. The van der Waals surface area contributed by atoms with Crippen LogP contribution in [0.25, 0.3) is 0 Å². The van der Waals surface area contributed by atoms with Crippen molar-refractivity contribution in [3.05, 3.63) is 119 Å². The van der Waals surface area contributed by atoms with Gasteiger partial charge in [-0.05, 0) is 0 Å². The van der Waals surface area contributed by atoms with Crippen molar-refractivity contribution in [2.75, 3.05) is 0 Å². The van der Waals surface area contributed by atoms with Gasteiger partial charge >= 0.3 is 236 Å². The van der Waals surface area contributed by atoms with Crippen molar-refractivity contribution < 1.29 is 13.6 Å². The summed E-state index contributed by atoms with van der Waals surface area (Å²) in [5.74, 6) is 2.29. The normalized spacial score (nSPS) is 12.6. The molecule has 0 bridgehead atoms. The molecule has 0 heterocycles. The van der Waals surface area contributed by atoms with Gasteiger partial charge in [0.2, 0.25) is 0 Å². The Morgan fingerprint density at radius 2 is 0.949 bits per heavy atom. The first kappa shape index (κ1) is 28.7. The molecular weight excluding hydrogens is 499 g/mol. The van der Waals surface area contributed by atoms with E-state index >= 15 is 0 Å². The van der Waals surface area contributed by atoms with E-state index in [2.05, 4.69) is 105 Å². The number of aryl methyl sites for hydroxylation is 3. The summed E-state index contributed by atoms with van der Waals surface area (Å²) in [6, 6.07) is 30.9. The molecule has 0 aromatic heterocycles. The number of hydrogen-bond acceptors (Lipinski definition) is 3. The molecule has 4 aromatic carbocycles. The summed E-state index contributed by atoms with van der Waals surface area (Å²) in [7, 11) is -3.67. The van der Waals surface area contributed by atoms with Crippen molar-refractivity contribution in [3.8, 4) is 17.2 Å². The number of benzene rings is 4. The second-order valence-electron chi connectivity index (χ2n) is 12.4. The van der Waals surface area contributed by atoms with Gasteiger partial charge in [0.05, 0.1) is 0 Å². The molecule has 0 fully saturated rings. The van der Waals surface area contributed by atoms with Gasteiger partial charge in [0.25, 0.3) is 0 Å². The average Bonchev–Trinajstić information content (AvgIpc) is 2.86. The molecule has 0 aliphatic rings. The molecule has 0 saturated carbocycles. The third-order valence-electron chi connectivity index (χ3n) is 7.05.